The number of rotatable bonds is 7. The van der Waals surface area contributed by atoms with E-state index in [2.05, 4.69) is 17.0 Å². The number of β-amino-alcohol motifs (C(OH)–C–C–N with tert-alkyl or cyclic N) is 1. The van der Waals surface area contributed by atoms with E-state index in [1.165, 1.54) is 18.4 Å². The first-order chi connectivity index (χ1) is 12.6. The molecule has 3 rings (SSSR count). The van der Waals surface area contributed by atoms with Crippen molar-refractivity contribution in [3.63, 3.8) is 0 Å². The molecule has 0 unspecified atom stereocenters. The number of amides is 1. The van der Waals surface area contributed by atoms with E-state index in [1.807, 2.05) is 17.0 Å². The van der Waals surface area contributed by atoms with Crippen LogP contribution in [0.15, 0.2) is 24.3 Å². The van der Waals surface area contributed by atoms with Crippen LogP contribution in [0.5, 0.6) is 5.75 Å². The van der Waals surface area contributed by atoms with Crippen molar-refractivity contribution in [1.82, 2.24) is 9.80 Å². The predicted octanol–water partition coefficient (Wildman–Crippen LogP) is 2.47. The second kappa shape index (κ2) is 8.87. The summed E-state index contributed by atoms with van der Waals surface area (Å²) in [6.07, 6.45) is 6.24. The van der Waals surface area contributed by atoms with Crippen molar-refractivity contribution in [2.45, 2.75) is 50.5 Å². The fraction of sp³-hybridized carbons (Fsp3) is 0.667. The van der Waals surface area contributed by atoms with Gasteiger partial charge in [0.15, 0.2) is 0 Å². The number of carbonyl (C=O) groups excluding carboxylic acids is 1. The minimum atomic E-state index is -0.607. The van der Waals surface area contributed by atoms with Gasteiger partial charge >= 0.3 is 0 Å². The molecule has 2 aliphatic heterocycles. The van der Waals surface area contributed by atoms with Crippen molar-refractivity contribution >= 4 is 5.91 Å². The minimum absolute atomic E-state index is 0.224. The summed E-state index contributed by atoms with van der Waals surface area (Å²) in [6.45, 7) is 4.36. The Balaban J connectivity index is 1.37. The van der Waals surface area contributed by atoms with Crippen LogP contribution < -0.4 is 4.74 Å². The molecule has 0 aliphatic carbocycles. The molecule has 2 saturated heterocycles. The highest BCUT2D eigenvalue weighted by atomic mass is 16.5. The van der Waals surface area contributed by atoms with Crippen LogP contribution in [0.3, 0.4) is 0 Å². The number of carbonyl (C=O) groups is 1. The number of piperidine rings is 1. The van der Waals surface area contributed by atoms with E-state index in [9.17, 15) is 9.90 Å². The molecule has 1 N–H and O–H groups in total. The fourth-order valence-electron chi connectivity index (χ4n) is 4.08. The molecule has 0 saturated carbocycles. The number of nitrogens with zero attached hydrogens (tertiary/aromatic N) is 2. The van der Waals surface area contributed by atoms with Gasteiger partial charge in [-0.1, -0.05) is 12.1 Å². The molecule has 0 spiro atoms. The van der Waals surface area contributed by atoms with Crippen LogP contribution in [0, 0.1) is 0 Å². The number of hydrogen-bond acceptors (Lipinski definition) is 4. The largest absolute Gasteiger partial charge is 0.497 e. The lowest BCUT2D eigenvalue weighted by atomic mass is 9.90. The van der Waals surface area contributed by atoms with Gasteiger partial charge in [0.2, 0.25) is 5.91 Å². The maximum absolute atomic E-state index is 12.5. The molecule has 1 aromatic rings. The van der Waals surface area contributed by atoms with Crippen LogP contribution in [-0.2, 0) is 11.2 Å². The van der Waals surface area contributed by atoms with Crippen molar-refractivity contribution in [2.24, 2.45) is 0 Å². The summed E-state index contributed by atoms with van der Waals surface area (Å²) >= 11 is 0. The molecule has 2 heterocycles. The first-order valence-electron chi connectivity index (χ1n) is 9.93. The van der Waals surface area contributed by atoms with Gasteiger partial charge in [-0.25, -0.2) is 0 Å². The molecule has 2 aliphatic rings. The van der Waals surface area contributed by atoms with Crippen LogP contribution >= 0.6 is 0 Å². The number of methoxy groups -OCH3 is 1. The average molecular weight is 360 g/mol. The zero-order chi connectivity index (χ0) is 18.4. The molecule has 5 nitrogen and oxygen atoms in total. The maximum Gasteiger partial charge on any atom is 0.222 e. The Hall–Kier alpha value is -1.59. The quantitative estimate of drug-likeness (QED) is 0.812. The van der Waals surface area contributed by atoms with E-state index in [4.69, 9.17) is 4.74 Å². The normalized spacial score (nSPS) is 20.3. The summed E-state index contributed by atoms with van der Waals surface area (Å²) in [6, 6.07) is 8.04. The molecule has 2 fully saturated rings. The molecular weight excluding hydrogens is 328 g/mol. The lowest BCUT2D eigenvalue weighted by Gasteiger charge is -2.40. The van der Waals surface area contributed by atoms with Crippen LogP contribution in [0.4, 0.5) is 0 Å². The second-order valence-corrected chi connectivity index (χ2v) is 7.79. The summed E-state index contributed by atoms with van der Waals surface area (Å²) < 4.78 is 5.17. The topological polar surface area (TPSA) is 53.0 Å². The van der Waals surface area contributed by atoms with E-state index >= 15 is 0 Å². The van der Waals surface area contributed by atoms with Gasteiger partial charge in [-0.3, -0.25) is 4.79 Å². The van der Waals surface area contributed by atoms with Crippen molar-refractivity contribution in [2.75, 3.05) is 39.8 Å². The molecule has 144 valence electrons. The molecule has 0 radical (unpaired) electrons. The number of ether oxygens (including phenoxy) is 1. The fourth-order valence-corrected chi connectivity index (χ4v) is 4.08. The van der Waals surface area contributed by atoms with Gasteiger partial charge in [-0.2, -0.15) is 0 Å². The van der Waals surface area contributed by atoms with E-state index < -0.39 is 5.60 Å². The first kappa shape index (κ1) is 19.2. The average Bonchev–Trinajstić information content (AvgIpc) is 3.15. The molecule has 0 bridgehead atoms. The lowest BCUT2D eigenvalue weighted by Crippen LogP contribution is -2.51. The van der Waals surface area contributed by atoms with Gasteiger partial charge in [-0.05, 0) is 69.3 Å². The standard InChI is InChI=1S/C21H32N2O3/c1-26-19-9-7-18(8-10-19)5-4-6-20(24)23-15-11-21(25,12-16-23)17-22-13-2-3-14-22/h7-10,25H,2-6,11-17H2,1H3. The molecule has 0 aromatic heterocycles. The van der Waals surface area contributed by atoms with Gasteiger partial charge in [-0.15, -0.1) is 0 Å². The Morgan fingerprint density at radius 2 is 1.77 bits per heavy atom. The van der Waals surface area contributed by atoms with Gasteiger partial charge in [0.05, 0.1) is 12.7 Å². The summed E-state index contributed by atoms with van der Waals surface area (Å²) in [5.74, 6) is 1.08. The van der Waals surface area contributed by atoms with Crippen LogP contribution in [0.2, 0.25) is 0 Å². The van der Waals surface area contributed by atoms with Gasteiger partial charge in [0, 0.05) is 26.1 Å². The molecule has 5 heteroatoms. The Morgan fingerprint density at radius 1 is 1.12 bits per heavy atom. The highest BCUT2D eigenvalue weighted by Crippen LogP contribution is 2.25. The summed E-state index contributed by atoms with van der Waals surface area (Å²) in [7, 11) is 1.67. The van der Waals surface area contributed by atoms with Crippen molar-refractivity contribution in [3.8, 4) is 5.75 Å². The molecule has 1 aromatic carbocycles. The van der Waals surface area contributed by atoms with E-state index in [1.54, 1.807) is 7.11 Å². The molecule has 26 heavy (non-hydrogen) atoms. The highest BCUT2D eigenvalue weighted by Gasteiger charge is 2.35. The van der Waals surface area contributed by atoms with Gasteiger partial charge in [0.25, 0.3) is 0 Å². The zero-order valence-electron chi connectivity index (χ0n) is 16.0. The van der Waals surface area contributed by atoms with Crippen LogP contribution in [-0.4, -0.2) is 66.2 Å². The SMILES string of the molecule is COc1ccc(CCCC(=O)N2CCC(O)(CN3CCCC3)CC2)cc1. The molecule has 1 amide bonds. The Bertz CT molecular complexity index is 573. The number of likely N-dealkylation sites (tertiary alicyclic amines) is 2. The Morgan fingerprint density at radius 3 is 2.38 bits per heavy atom. The zero-order valence-corrected chi connectivity index (χ0v) is 16.0. The number of aryl methyl sites for hydroxylation is 1. The Labute approximate surface area is 156 Å². The maximum atomic E-state index is 12.5. The summed E-state index contributed by atoms with van der Waals surface area (Å²) in [5, 5.41) is 10.8. The van der Waals surface area contributed by atoms with Gasteiger partial charge < -0.3 is 19.6 Å². The number of benzene rings is 1. The van der Waals surface area contributed by atoms with E-state index in [-0.39, 0.29) is 5.91 Å². The smallest absolute Gasteiger partial charge is 0.222 e. The minimum Gasteiger partial charge on any atom is -0.497 e. The number of hydrogen-bond donors (Lipinski definition) is 1. The highest BCUT2D eigenvalue weighted by molar-refractivity contribution is 5.76. The predicted molar refractivity (Wildman–Crippen MR) is 102 cm³/mol. The summed E-state index contributed by atoms with van der Waals surface area (Å²) in [4.78, 5) is 16.8. The summed E-state index contributed by atoms with van der Waals surface area (Å²) in [5.41, 5.74) is 0.627. The van der Waals surface area contributed by atoms with E-state index in [0.29, 0.717) is 32.4 Å². The third-order valence-corrected chi connectivity index (χ3v) is 5.78. The lowest BCUT2D eigenvalue weighted by molar-refractivity contribution is -0.136. The monoisotopic (exact) mass is 360 g/mol. The first-order valence-corrected chi connectivity index (χ1v) is 9.93. The second-order valence-electron chi connectivity index (χ2n) is 7.79. The number of aliphatic hydroxyl groups is 1. The molecule has 0 atom stereocenters. The van der Waals surface area contributed by atoms with Gasteiger partial charge in [0.1, 0.15) is 5.75 Å². The van der Waals surface area contributed by atoms with Crippen molar-refractivity contribution < 1.29 is 14.6 Å². The third kappa shape index (κ3) is 5.21. The van der Waals surface area contributed by atoms with E-state index in [0.717, 1.165) is 38.2 Å². The van der Waals surface area contributed by atoms with Crippen molar-refractivity contribution in [1.29, 1.82) is 0 Å². The third-order valence-electron chi connectivity index (χ3n) is 5.78. The van der Waals surface area contributed by atoms with Crippen LogP contribution in [0.1, 0.15) is 44.1 Å². The van der Waals surface area contributed by atoms with Crippen molar-refractivity contribution in [3.05, 3.63) is 29.8 Å². The molecular formula is C21H32N2O3. The Kier molecular flexibility index (Phi) is 6.54. The van der Waals surface area contributed by atoms with Crippen LogP contribution in [0.25, 0.3) is 0 Å².